The van der Waals surface area contributed by atoms with E-state index in [1.807, 2.05) is 24.3 Å². The highest BCUT2D eigenvalue weighted by molar-refractivity contribution is 9.10. The lowest BCUT2D eigenvalue weighted by Crippen LogP contribution is -2.41. The van der Waals surface area contributed by atoms with Crippen LogP contribution in [0.2, 0.25) is 0 Å². The van der Waals surface area contributed by atoms with Crippen LogP contribution in [0.3, 0.4) is 0 Å². The van der Waals surface area contributed by atoms with Gasteiger partial charge in [0.1, 0.15) is 0 Å². The van der Waals surface area contributed by atoms with Gasteiger partial charge in [0.25, 0.3) is 5.91 Å². The van der Waals surface area contributed by atoms with Crippen LogP contribution >= 0.6 is 15.9 Å². The van der Waals surface area contributed by atoms with Gasteiger partial charge in [-0.05, 0) is 51.1 Å². The minimum atomic E-state index is 0.00277. The largest absolute Gasteiger partial charge is 0.348 e. The van der Waals surface area contributed by atoms with Crippen LogP contribution in [0.4, 0.5) is 0 Å². The number of benzene rings is 1. The van der Waals surface area contributed by atoms with Gasteiger partial charge in [-0.2, -0.15) is 0 Å². The number of amides is 1. The lowest BCUT2D eigenvalue weighted by atomic mass is 10.2. The van der Waals surface area contributed by atoms with Crippen molar-refractivity contribution in [1.29, 1.82) is 0 Å². The molecule has 1 aromatic carbocycles. The van der Waals surface area contributed by atoms with Gasteiger partial charge in [0.15, 0.2) is 0 Å². The van der Waals surface area contributed by atoms with Crippen LogP contribution < -0.4 is 5.32 Å². The van der Waals surface area contributed by atoms with Gasteiger partial charge >= 0.3 is 0 Å². The molecular weight excluding hydrogens is 292 g/mol. The first-order valence-corrected chi connectivity index (χ1v) is 7.23. The molecule has 1 fully saturated rings. The summed E-state index contributed by atoms with van der Waals surface area (Å²) in [6.45, 7) is 5.34. The van der Waals surface area contributed by atoms with E-state index in [1.54, 1.807) is 0 Å². The third-order valence-corrected chi connectivity index (χ3v) is 3.69. The Balaban J connectivity index is 1.86. The van der Waals surface area contributed by atoms with Crippen LogP contribution in [0.5, 0.6) is 0 Å². The molecule has 0 radical (unpaired) electrons. The van der Waals surface area contributed by atoms with Crippen molar-refractivity contribution in [2.75, 3.05) is 19.6 Å². The van der Waals surface area contributed by atoms with E-state index >= 15 is 0 Å². The molecule has 1 aliphatic heterocycles. The fourth-order valence-electron chi connectivity index (χ4n) is 2.33. The van der Waals surface area contributed by atoms with Crippen LogP contribution in [0, 0.1) is 0 Å². The lowest BCUT2D eigenvalue weighted by molar-refractivity contribution is 0.0932. The van der Waals surface area contributed by atoms with Crippen LogP contribution in [0.15, 0.2) is 28.7 Å². The summed E-state index contributed by atoms with van der Waals surface area (Å²) in [5.41, 5.74) is 0.706. The van der Waals surface area contributed by atoms with Gasteiger partial charge in [0, 0.05) is 22.6 Å². The highest BCUT2D eigenvalue weighted by Crippen LogP contribution is 2.12. The molecule has 18 heavy (non-hydrogen) atoms. The normalized spacial score (nSPS) is 17.7. The minimum Gasteiger partial charge on any atom is -0.348 e. The zero-order valence-corrected chi connectivity index (χ0v) is 12.2. The predicted molar refractivity (Wildman–Crippen MR) is 76.7 cm³/mol. The summed E-state index contributed by atoms with van der Waals surface area (Å²) in [6.07, 6.45) is 2.57. The SMILES string of the molecule is CC(CN1CCCC1)NC(=O)c1cccc(Br)c1. The Kier molecular flexibility index (Phi) is 4.78. The number of hydrogen-bond donors (Lipinski definition) is 1. The number of carbonyl (C=O) groups is 1. The number of likely N-dealkylation sites (tertiary alicyclic amines) is 1. The van der Waals surface area contributed by atoms with Crippen molar-refractivity contribution in [3.8, 4) is 0 Å². The second-order valence-corrected chi connectivity index (χ2v) is 5.81. The molecule has 1 amide bonds. The van der Waals surface area contributed by atoms with Crippen molar-refractivity contribution in [3.63, 3.8) is 0 Å². The van der Waals surface area contributed by atoms with Gasteiger partial charge in [-0.1, -0.05) is 22.0 Å². The van der Waals surface area contributed by atoms with Crippen molar-refractivity contribution < 1.29 is 4.79 Å². The highest BCUT2D eigenvalue weighted by atomic mass is 79.9. The Bertz CT molecular complexity index is 416. The Labute approximate surface area is 117 Å². The van der Waals surface area contributed by atoms with Gasteiger partial charge in [-0.15, -0.1) is 0 Å². The van der Waals surface area contributed by atoms with Crippen molar-refractivity contribution in [2.45, 2.75) is 25.8 Å². The molecular formula is C14H19BrN2O. The van der Waals surface area contributed by atoms with E-state index in [4.69, 9.17) is 0 Å². The predicted octanol–water partition coefficient (Wildman–Crippen LogP) is 2.66. The first-order valence-electron chi connectivity index (χ1n) is 6.44. The monoisotopic (exact) mass is 310 g/mol. The van der Waals surface area contributed by atoms with E-state index in [1.165, 1.54) is 12.8 Å². The fraction of sp³-hybridized carbons (Fsp3) is 0.500. The summed E-state index contributed by atoms with van der Waals surface area (Å²) >= 11 is 3.38. The van der Waals surface area contributed by atoms with E-state index in [9.17, 15) is 4.79 Å². The minimum absolute atomic E-state index is 0.00277. The zero-order valence-electron chi connectivity index (χ0n) is 10.7. The quantitative estimate of drug-likeness (QED) is 0.927. The first-order chi connectivity index (χ1) is 8.65. The van der Waals surface area contributed by atoms with Crippen molar-refractivity contribution in [3.05, 3.63) is 34.3 Å². The van der Waals surface area contributed by atoms with E-state index in [0.717, 1.165) is 24.1 Å². The number of carbonyl (C=O) groups excluding carboxylic acids is 1. The molecule has 0 aliphatic carbocycles. The molecule has 98 valence electrons. The van der Waals surface area contributed by atoms with Crippen LogP contribution in [0.1, 0.15) is 30.1 Å². The summed E-state index contributed by atoms with van der Waals surface area (Å²) in [6, 6.07) is 7.67. The summed E-state index contributed by atoms with van der Waals surface area (Å²) < 4.78 is 0.933. The molecule has 1 N–H and O–H groups in total. The molecule has 0 spiro atoms. The van der Waals surface area contributed by atoms with Gasteiger partial charge in [0.2, 0.25) is 0 Å². The molecule has 1 aliphatic rings. The van der Waals surface area contributed by atoms with Gasteiger partial charge < -0.3 is 10.2 Å². The second-order valence-electron chi connectivity index (χ2n) is 4.89. The number of nitrogens with one attached hydrogen (secondary N) is 1. The van der Waals surface area contributed by atoms with Crippen molar-refractivity contribution in [2.24, 2.45) is 0 Å². The van der Waals surface area contributed by atoms with Crippen molar-refractivity contribution in [1.82, 2.24) is 10.2 Å². The molecule has 4 heteroatoms. The van der Waals surface area contributed by atoms with Crippen molar-refractivity contribution >= 4 is 21.8 Å². The summed E-state index contributed by atoms with van der Waals surface area (Å²) in [5.74, 6) is 0.00277. The van der Waals surface area contributed by atoms with Crippen LogP contribution in [-0.2, 0) is 0 Å². The fourth-order valence-corrected chi connectivity index (χ4v) is 2.73. The summed E-state index contributed by atoms with van der Waals surface area (Å²) in [4.78, 5) is 14.4. The topological polar surface area (TPSA) is 32.3 Å². The van der Waals surface area contributed by atoms with E-state index in [-0.39, 0.29) is 11.9 Å². The summed E-state index contributed by atoms with van der Waals surface area (Å²) in [7, 11) is 0. The average molecular weight is 311 g/mol. The third kappa shape index (κ3) is 3.82. The maximum absolute atomic E-state index is 12.0. The Morgan fingerprint density at radius 1 is 1.44 bits per heavy atom. The molecule has 1 aromatic rings. The van der Waals surface area contributed by atoms with E-state index in [0.29, 0.717) is 5.56 Å². The number of halogens is 1. The molecule has 1 saturated heterocycles. The molecule has 0 bridgehead atoms. The maximum Gasteiger partial charge on any atom is 0.251 e. The number of rotatable bonds is 4. The third-order valence-electron chi connectivity index (χ3n) is 3.20. The van der Waals surface area contributed by atoms with Crippen LogP contribution in [0.25, 0.3) is 0 Å². The van der Waals surface area contributed by atoms with E-state index in [2.05, 4.69) is 33.1 Å². The molecule has 0 aromatic heterocycles. The van der Waals surface area contributed by atoms with Gasteiger partial charge in [-0.3, -0.25) is 4.79 Å². The Hall–Kier alpha value is -0.870. The smallest absolute Gasteiger partial charge is 0.251 e. The van der Waals surface area contributed by atoms with Crippen LogP contribution in [-0.4, -0.2) is 36.5 Å². The zero-order chi connectivity index (χ0) is 13.0. The highest BCUT2D eigenvalue weighted by Gasteiger charge is 2.16. The summed E-state index contributed by atoms with van der Waals surface area (Å²) in [5, 5.41) is 3.05. The molecule has 1 atom stereocenters. The first kappa shape index (κ1) is 13.6. The second kappa shape index (κ2) is 6.34. The van der Waals surface area contributed by atoms with Gasteiger partial charge in [0.05, 0.1) is 0 Å². The van der Waals surface area contributed by atoms with E-state index < -0.39 is 0 Å². The standard InChI is InChI=1S/C14H19BrN2O/c1-11(10-17-7-2-3-8-17)16-14(18)12-5-4-6-13(15)9-12/h4-6,9,11H,2-3,7-8,10H2,1H3,(H,16,18). The molecule has 0 saturated carbocycles. The molecule has 1 unspecified atom stereocenters. The molecule has 2 rings (SSSR count). The van der Waals surface area contributed by atoms with Gasteiger partial charge in [-0.25, -0.2) is 0 Å². The Morgan fingerprint density at radius 2 is 2.17 bits per heavy atom. The lowest BCUT2D eigenvalue weighted by Gasteiger charge is -2.21. The molecule has 1 heterocycles. The average Bonchev–Trinajstić information content (AvgIpc) is 2.81. The number of nitrogens with zero attached hydrogens (tertiary/aromatic N) is 1. The Morgan fingerprint density at radius 3 is 2.83 bits per heavy atom. The number of hydrogen-bond acceptors (Lipinski definition) is 2. The molecule has 3 nitrogen and oxygen atoms in total. The maximum atomic E-state index is 12.0.